The van der Waals surface area contributed by atoms with Crippen LogP contribution in [0.25, 0.3) is 0 Å². The topological polar surface area (TPSA) is 60.2 Å². The number of hydrogen-bond donors (Lipinski definition) is 1. The van der Waals surface area contributed by atoms with Crippen LogP contribution in [0.4, 0.5) is 0 Å². The number of rotatable bonds is 4. The van der Waals surface area contributed by atoms with E-state index in [1.807, 2.05) is 0 Å². The van der Waals surface area contributed by atoms with Crippen LogP contribution in [-0.4, -0.2) is 26.5 Å². The van der Waals surface area contributed by atoms with Gasteiger partial charge in [0.15, 0.2) is 9.84 Å². The van der Waals surface area contributed by atoms with E-state index in [0.717, 1.165) is 12.8 Å². The standard InChI is InChI=1S/C14H21NO2S/c1-11-2-4-12(5-3-11)8-14(9-15)13-6-7-18(16,17)10-13/h2-5,13-14H,6-10,15H2,1H3. The summed E-state index contributed by atoms with van der Waals surface area (Å²) >= 11 is 0. The molecular formula is C14H21NO2S. The number of sulfone groups is 1. The predicted molar refractivity (Wildman–Crippen MR) is 74.2 cm³/mol. The number of nitrogens with two attached hydrogens (primary N) is 1. The van der Waals surface area contributed by atoms with Crippen molar-refractivity contribution in [1.82, 2.24) is 0 Å². The van der Waals surface area contributed by atoms with Gasteiger partial charge in [0.05, 0.1) is 11.5 Å². The van der Waals surface area contributed by atoms with Gasteiger partial charge < -0.3 is 5.73 Å². The van der Waals surface area contributed by atoms with Crippen molar-refractivity contribution < 1.29 is 8.42 Å². The second-order valence-corrected chi connectivity index (χ2v) is 7.58. The van der Waals surface area contributed by atoms with E-state index in [1.165, 1.54) is 11.1 Å². The minimum atomic E-state index is -2.81. The fourth-order valence-electron chi connectivity index (χ4n) is 2.66. The summed E-state index contributed by atoms with van der Waals surface area (Å²) in [5.74, 6) is 1.18. The fourth-order valence-corrected chi connectivity index (χ4v) is 4.58. The van der Waals surface area contributed by atoms with Crippen molar-refractivity contribution in [1.29, 1.82) is 0 Å². The Bertz CT molecular complexity index is 493. The molecule has 0 bridgehead atoms. The Morgan fingerprint density at radius 3 is 2.50 bits per heavy atom. The van der Waals surface area contributed by atoms with E-state index >= 15 is 0 Å². The van der Waals surface area contributed by atoms with Crippen molar-refractivity contribution >= 4 is 9.84 Å². The largest absolute Gasteiger partial charge is 0.330 e. The molecular weight excluding hydrogens is 246 g/mol. The Balaban J connectivity index is 2.04. The van der Waals surface area contributed by atoms with Gasteiger partial charge in [-0.25, -0.2) is 8.42 Å². The van der Waals surface area contributed by atoms with E-state index < -0.39 is 9.84 Å². The molecule has 0 amide bonds. The highest BCUT2D eigenvalue weighted by Gasteiger charge is 2.32. The lowest BCUT2D eigenvalue weighted by molar-refractivity contribution is 0.370. The van der Waals surface area contributed by atoms with Gasteiger partial charge in [0.25, 0.3) is 0 Å². The first kappa shape index (κ1) is 13.6. The Morgan fingerprint density at radius 2 is 2.00 bits per heavy atom. The molecule has 0 aromatic heterocycles. The van der Waals surface area contributed by atoms with Crippen molar-refractivity contribution in [3.05, 3.63) is 35.4 Å². The van der Waals surface area contributed by atoms with Gasteiger partial charge in [-0.1, -0.05) is 29.8 Å². The zero-order valence-corrected chi connectivity index (χ0v) is 11.6. The summed E-state index contributed by atoms with van der Waals surface area (Å²) < 4.78 is 23.0. The summed E-state index contributed by atoms with van der Waals surface area (Å²) in [5, 5.41) is 0. The van der Waals surface area contributed by atoms with E-state index in [1.54, 1.807) is 0 Å². The molecule has 2 rings (SSSR count). The quantitative estimate of drug-likeness (QED) is 0.900. The van der Waals surface area contributed by atoms with Gasteiger partial charge in [-0.05, 0) is 43.7 Å². The molecule has 0 spiro atoms. The minimum Gasteiger partial charge on any atom is -0.330 e. The van der Waals surface area contributed by atoms with Crippen molar-refractivity contribution in [3.8, 4) is 0 Å². The molecule has 4 heteroatoms. The molecule has 0 radical (unpaired) electrons. The van der Waals surface area contributed by atoms with Gasteiger partial charge in [0.1, 0.15) is 0 Å². The van der Waals surface area contributed by atoms with Crippen LogP contribution in [0.1, 0.15) is 17.5 Å². The van der Waals surface area contributed by atoms with Crippen LogP contribution >= 0.6 is 0 Å². The SMILES string of the molecule is Cc1ccc(CC(CN)C2CCS(=O)(=O)C2)cc1. The molecule has 1 aliphatic rings. The second kappa shape index (κ2) is 5.41. The first-order chi connectivity index (χ1) is 8.50. The third-order valence-corrected chi connectivity index (χ3v) is 5.65. The molecule has 100 valence electrons. The summed E-state index contributed by atoms with van der Waals surface area (Å²) in [5.41, 5.74) is 8.32. The monoisotopic (exact) mass is 267 g/mol. The molecule has 2 atom stereocenters. The molecule has 1 aliphatic heterocycles. The van der Waals surface area contributed by atoms with E-state index in [4.69, 9.17) is 5.73 Å². The van der Waals surface area contributed by atoms with E-state index in [9.17, 15) is 8.42 Å². The first-order valence-corrected chi connectivity index (χ1v) is 8.28. The smallest absolute Gasteiger partial charge is 0.150 e. The lowest BCUT2D eigenvalue weighted by atomic mass is 9.86. The summed E-state index contributed by atoms with van der Waals surface area (Å²) in [4.78, 5) is 0. The second-order valence-electron chi connectivity index (χ2n) is 5.35. The molecule has 2 N–H and O–H groups in total. The van der Waals surface area contributed by atoms with Gasteiger partial charge in [-0.3, -0.25) is 0 Å². The highest BCUT2D eigenvalue weighted by molar-refractivity contribution is 7.91. The number of benzene rings is 1. The lowest BCUT2D eigenvalue weighted by Crippen LogP contribution is -2.26. The van der Waals surface area contributed by atoms with Crippen molar-refractivity contribution in [2.45, 2.75) is 19.8 Å². The zero-order valence-electron chi connectivity index (χ0n) is 10.8. The average molecular weight is 267 g/mol. The van der Waals surface area contributed by atoms with Crippen LogP contribution in [0.3, 0.4) is 0 Å². The molecule has 1 aromatic carbocycles. The third kappa shape index (κ3) is 3.33. The van der Waals surface area contributed by atoms with E-state index in [0.29, 0.717) is 18.1 Å². The van der Waals surface area contributed by atoms with Crippen LogP contribution in [0.5, 0.6) is 0 Å². The molecule has 1 saturated heterocycles. The highest BCUT2D eigenvalue weighted by Crippen LogP contribution is 2.28. The van der Waals surface area contributed by atoms with Crippen molar-refractivity contribution in [2.75, 3.05) is 18.1 Å². The lowest BCUT2D eigenvalue weighted by Gasteiger charge is -2.20. The van der Waals surface area contributed by atoms with Gasteiger partial charge in [-0.2, -0.15) is 0 Å². The predicted octanol–water partition coefficient (Wildman–Crippen LogP) is 1.55. The molecule has 0 aliphatic carbocycles. The molecule has 1 fully saturated rings. The molecule has 3 nitrogen and oxygen atoms in total. The molecule has 1 heterocycles. The van der Waals surface area contributed by atoms with Gasteiger partial charge >= 0.3 is 0 Å². The molecule has 0 saturated carbocycles. The summed E-state index contributed by atoms with van der Waals surface area (Å²) in [6.45, 7) is 2.63. The molecule has 18 heavy (non-hydrogen) atoms. The van der Waals surface area contributed by atoms with E-state index in [2.05, 4.69) is 31.2 Å². The summed E-state index contributed by atoms with van der Waals surface area (Å²) in [6, 6.07) is 8.41. The minimum absolute atomic E-state index is 0.237. The Kier molecular flexibility index (Phi) is 4.07. The van der Waals surface area contributed by atoms with Crippen molar-refractivity contribution in [2.24, 2.45) is 17.6 Å². The molecule has 1 aromatic rings. The maximum atomic E-state index is 11.5. The normalized spacial score (nSPS) is 24.0. The van der Waals surface area contributed by atoms with Crippen LogP contribution in [0, 0.1) is 18.8 Å². The van der Waals surface area contributed by atoms with Crippen LogP contribution < -0.4 is 5.73 Å². The Morgan fingerprint density at radius 1 is 1.33 bits per heavy atom. The summed E-state index contributed by atoms with van der Waals surface area (Å²) in [6.07, 6.45) is 1.66. The Labute approximate surface area is 109 Å². The Hall–Kier alpha value is -0.870. The molecule has 2 unspecified atom stereocenters. The van der Waals surface area contributed by atoms with Crippen LogP contribution in [0.15, 0.2) is 24.3 Å². The van der Waals surface area contributed by atoms with Gasteiger partial charge in [-0.15, -0.1) is 0 Å². The third-order valence-electron chi connectivity index (χ3n) is 3.86. The number of hydrogen-bond acceptors (Lipinski definition) is 3. The maximum absolute atomic E-state index is 11.5. The first-order valence-electron chi connectivity index (χ1n) is 6.46. The summed E-state index contributed by atoms with van der Waals surface area (Å²) in [7, 11) is -2.81. The van der Waals surface area contributed by atoms with Crippen LogP contribution in [-0.2, 0) is 16.3 Å². The maximum Gasteiger partial charge on any atom is 0.150 e. The van der Waals surface area contributed by atoms with Gasteiger partial charge in [0, 0.05) is 0 Å². The fraction of sp³-hybridized carbons (Fsp3) is 0.571. The van der Waals surface area contributed by atoms with Crippen LogP contribution in [0.2, 0.25) is 0 Å². The van der Waals surface area contributed by atoms with Crippen molar-refractivity contribution in [3.63, 3.8) is 0 Å². The number of aryl methyl sites for hydroxylation is 1. The van der Waals surface area contributed by atoms with E-state index in [-0.39, 0.29) is 11.8 Å². The highest BCUT2D eigenvalue weighted by atomic mass is 32.2. The zero-order chi connectivity index (χ0) is 13.2. The average Bonchev–Trinajstić information content (AvgIpc) is 2.69. The van der Waals surface area contributed by atoms with Gasteiger partial charge in [0.2, 0.25) is 0 Å².